The van der Waals surface area contributed by atoms with Gasteiger partial charge in [-0.15, -0.1) is 0 Å². The Labute approximate surface area is 115 Å². The standard InChI is InChI=1S/C13H16N2O3S/c1-2-7-18-9-3-4-10-11(8-9)19-13(15-10)14-6-5-12(16)17/h3-4,8H,2,5-7H2,1H3,(H,14,15)(H,16,17). The van der Waals surface area contributed by atoms with E-state index in [1.807, 2.05) is 18.2 Å². The van der Waals surface area contributed by atoms with Crippen molar-refractivity contribution in [1.29, 1.82) is 0 Å². The Hall–Kier alpha value is -1.82. The molecule has 0 spiro atoms. The molecule has 0 saturated heterocycles. The lowest BCUT2D eigenvalue weighted by atomic mass is 10.3. The number of anilines is 1. The second-order valence-electron chi connectivity index (χ2n) is 4.07. The first kappa shape index (κ1) is 13.6. The number of fused-ring (bicyclic) bond motifs is 1. The van der Waals surface area contributed by atoms with Gasteiger partial charge in [-0.05, 0) is 24.6 Å². The van der Waals surface area contributed by atoms with Gasteiger partial charge in [-0.1, -0.05) is 18.3 Å². The molecule has 0 saturated carbocycles. The van der Waals surface area contributed by atoms with Crippen molar-refractivity contribution >= 4 is 32.7 Å². The molecule has 0 radical (unpaired) electrons. The Kier molecular flexibility index (Phi) is 4.57. The highest BCUT2D eigenvalue weighted by molar-refractivity contribution is 7.22. The largest absolute Gasteiger partial charge is 0.494 e. The summed E-state index contributed by atoms with van der Waals surface area (Å²) in [6.07, 6.45) is 1.06. The molecule has 0 bridgehead atoms. The molecule has 0 unspecified atom stereocenters. The maximum atomic E-state index is 10.4. The van der Waals surface area contributed by atoms with Crippen LogP contribution in [-0.4, -0.2) is 29.2 Å². The number of nitrogens with one attached hydrogen (secondary N) is 1. The molecule has 2 aromatic rings. The highest BCUT2D eigenvalue weighted by atomic mass is 32.1. The zero-order valence-electron chi connectivity index (χ0n) is 10.7. The predicted molar refractivity (Wildman–Crippen MR) is 76.1 cm³/mol. The van der Waals surface area contributed by atoms with E-state index in [-0.39, 0.29) is 6.42 Å². The number of carboxylic acid groups (broad SMARTS) is 1. The fourth-order valence-corrected chi connectivity index (χ4v) is 2.49. The van der Waals surface area contributed by atoms with E-state index in [0.29, 0.717) is 13.2 Å². The van der Waals surface area contributed by atoms with Crippen molar-refractivity contribution in [3.05, 3.63) is 18.2 Å². The number of aromatic nitrogens is 1. The minimum Gasteiger partial charge on any atom is -0.494 e. The van der Waals surface area contributed by atoms with Crippen LogP contribution in [0.5, 0.6) is 5.75 Å². The molecule has 6 heteroatoms. The van der Waals surface area contributed by atoms with Gasteiger partial charge in [0.15, 0.2) is 5.13 Å². The van der Waals surface area contributed by atoms with E-state index in [0.717, 1.165) is 27.5 Å². The minimum atomic E-state index is -0.816. The number of nitrogens with zero attached hydrogens (tertiary/aromatic N) is 1. The Balaban J connectivity index is 2.05. The molecule has 2 rings (SSSR count). The van der Waals surface area contributed by atoms with Crippen LogP contribution < -0.4 is 10.1 Å². The Bertz CT molecular complexity index is 568. The van der Waals surface area contributed by atoms with Crippen LogP contribution in [0.25, 0.3) is 10.2 Å². The number of carboxylic acids is 1. The van der Waals surface area contributed by atoms with Crippen LogP contribution in [0.1, 0.15) is 19.8 Å². The summed E-state index contributed by atoms with van der Waals surface area (Å²) < 4.78 is 6.60. The Morgan fingerprint density at radius 1 is 1.53 bits per heavy atom. The van der Waals surface area contributed by atoms with Gasteiger partial charge in [-0.25, -0.2) is 4.98 Å². The van der Waals surface area contributed by atoms with E-state index in [4.69, 9.17) is 9.84 Å². The fourth-order valence-electron chi connectivity index (χ4n) is 1.57. The molecule has 1 aromatic heterocycles. The van der Waals surface area contributed by atoms with E-state index in [1.165, 1.54) is 11.3 Å². The number of thiazole rings is 1. The van der Waals surface area contributed by atoms with Gasteiger partial charge >= 0.3 is 5.97 Å². The molecule has 0 aliphatic carbocycles. The van der Waals surface area contributed by atoms with Crippen molar-refractivity contribution in [2.75, 3.05) is 18.5 Å². The van der Waals surface area contributed by atoms with Gasteiger partial charge in [-0.3, -0.25) is 4.79 Å². The van der Waals surface area contributed by atoms with Crippen LogP contribution in [0.4, 0.5) is 5.13 Å². The van der Waals surface area contributed by atoms with Gasteiger partial charge in [0, 0.05) is 6.54 Å². The van der Waals surface area contributed by atoms with Gasteiger partial charge in [0.05, 0.1) is 23.2 Å². The summed E-state index contributed by atoms with van der Waals surface area (Å²) in [5.41, 5.74) is 0.895. The molecule has 1 heterocycles. The van der Waals surface area contributed by atoms with Crippen LogP contribution in [-0.2, 0) is 4.79 Å². The second-order valence-corrected chi connectivity index (χ2v) is 5.10. The summed E-state index contributed by atoms with van der Waals surface area (Å²) in [7, 11) is 0. The molecule has 5 nitrogen and oxygen atoms in total. The smallest absolute Gasteiger partial charge is 0.305 e. The second kappa shape index (κ2) is 6.38. The van der Waals surface area contributed by atoms with Crippen LogP contribution in [0.15, 0.2) is 18.2 Å². The molecule has 1 aromatic carbocycles. The molecule has 0 fully saturated rings. The van der Waals surface area contributed by atoms with E-state index >= 15 is 0 Å². The zero-order chi connectivity index (χ0) is 13.7. The van der Waals surface area contributed by atoms with Gasteiger partial charge in [-0.2, -0.15) is 0 Å². The summed E-state index contributed by atoms with van der Waals surface area (Å²) in [6, 6.07) is 5.78. The highest BCUT2D eigenvalue weighted by Crippen LogP contribution is 2.29. The van der Waals surface area contributed by atoms with Crippen molar-refractivity contribution in [3.63, 3.8) is 0 Å². The quantitative estimate of drug-likeness (QED) is 0.816. The van der Waals surface area contributed by atoms with Crippen LogP contribution >= 0.6 is 11.3 Å². The molecular formula is C13H16N2O3S. The molecular weight excluding hydrogens is 264 g/mol. The Morgan fingerprint density at radius 2 is 2.37 bits per heavy atom. The summed E-state index contributed by atoms with van der Waals surface area (Å²) in [5.74, 6) is 0.0268. The summed E-state index contributed by atoms with van der Waals surface area (Å²) in [5, 5.41) is 12.3. The normalized spacial score (nSPS) is 10.6. The third kappa shape index (κ3) is 3.82. The average Bonchev–Trinajstić information content (AvgIpc) is 2.77. The molecule has 2 N–H and O–H groups in total. The summed E-state index contributed by atoms with van der Waals surface area (Å²) in [4.78, 5) is 14.8. The number of carbonyl (C=O) groups is 1. The van der Waals surface area contributed by atoms with E-state index in [9.17, 15) is 4.79 Å². The van der Waals surface area contributed by atoms with Crippen LogP contribution in [0, 0.1) is 0 Å². The van der Waals surface area contributed by atoms with Crippen molar-refractivity contribution in [1.82, 2.24) is 4.98 Å². The molecule has 0 amide bonds. The van der Waals surface area contributed by atoms with Gasteiger partial charge in [0.2, 0.25) is 0 Å². The van der Waals surface area contributed by atoms with Gasteiger partial charge < -0.3 is 15.2 Å². The first-order valence-corrected chi connectivity index (χ1v) is 6.99. The number of rotatable bonds is 7. The van der Waals surface area contributed by atoms with E-state index in [1.54, 1.807) is 0 Å². The van der Waals surface area contributed by atoms with E-state index in [2.05, 4.69) is 17.2 Å². The number of aliphatic carboxylic acids is 1. The number of hydrogen-bond acceptors (Lipinski definition) is 5. The van der Waals surface area contributed by atoms with Gasteiger partial charge in [0.1, 0.15) is 5.75 Å². The summed E-state index contributed by atoms with van der Waals surface area (Å²) >= 11 is 1.50. The average molecular weight is 280 g/mol. The number of benzene rings is 1. The lowest BCUT2D eigenvalue weighted by Crippen LogP contribution is -2.06. The highest BCUT2D eigenvalue weighted by Gasteiger charge is 2.05. The third-order valence-corrected chi connectivity index (χ3v) is 3.42. The van der Waals surface area contributed by atoms with E-state index < -0.39 is 5.97 Å². The minimum absolute atomic E-state index is 0.0841. The van der Waals surface area contributed by atoms with Crippen molar-refractivity contribution in [2.24, 2.45) is 0 Å². The fraction of sp³-hybridized carbons (Fsp3) is 0.385. The van der Waals surface area contributed by atoms with Crippen molar-refractivity contribution in [2.45, 2.75) is 19.8 Å². The van der Waals surface area contributed by atoms with Gasteiger partial charge in [0.25, 0.3) is 0 Å². The first-order chi connectivity index (χ1) is 9.19. The lowest BCUT2D eigenvalue weighted by Gasteiger charge is -2.02. The maximum absolute atomic E-state index is 10.4. The monoisotopic (exact) mass is 280 g/mol. The number of hydrogen-bond donors (Lipinski definition) is 2. The molecule has 19 heavy (non-hydrogen) atoms. The number of ether oxygens (including phenoxy) is 1. The van der Waals surface area contributed by atoms with Crippen LogP contribution in [0.2, 0.25) is 0 Å². The third-order valence-electron chi connectivity index (χ3n) is 2.45. The lowest BCUT2D eigenvalue weighted by molar-refractivity contribution is -0.136. The first-order valence-electron chi connectivity index (χ1n) is 6.18. The van der Waals surface area contributed by atoms with Crippen molar-refractivity contribution < 1.29 is 14.6 Å². The molecule has 0 atom stereocenters. The maximum Gasteiger partial charge on any atom is 0.305 e. The SMILES string of the molecule is CCCOc1ccc2nc(NCCC(=O)O)sc2c1. The van der Waals surface area contributed by atoms with Crippen LogP contribution in [0.3, 0.4) is 0 Å². The summed E-state index contributed by atoms with van der Waals surface area (Å²) in [6.45, 7) is 3.15. The predicted octanol–water partition coefficient (Wildman–Crippen LogP) is 2.97. The van der Waals surface area contributed by atoms with Crippen molar-refractivity contribution in [3.8, 4) is 5.75 Å². The topological polar surface area (TPSA) is 71.5 Å². The molecule has 0 aliphatic rings. The Morgan fingerprint density at radius 3 is 3.11 bits per heavy atom. The molecule has 0 aliphatic heterocycles. The zero-order valence-corrected chi connectivity index (χ0v) is 11.5. The molecule has 102 valence electrons.